The molecule has 1 aromatic rings. The van der Waals surface area contributed by atoms with Crippen LogP contribution in [0.5, 0.6) is 0 Å². The van der Waals surface area contributed by atoms with Gasteiger partial charge in [-0.15, -0.1) is 0 Å². The molecule has 0 bridgehead atoms. The third-order valence-corrected chi connectivity index (χ3v) is 6.08. The number of carbonyl (C=O) groups is 1. The van der Waals surface area contributed by atoms with E-state index in [0.717, 1.165) is 19.5 Å². The van der Waals surface area contributed by atoms with Crippen LogP contribution in [-0.2, 0) is 4.79 Å². The highest BCUT2D eigenvalue weighted by Gasteiger charge is 2.47. The third kappa shape index (κ3) is 3.03. The zero-order chi connectivity index (χ0) is 15.8. The standard InChI is InChI=1S/C20H28N2O/c1-15-7-3-4-8-17(15)18-13-19(18)20(23)22-12-9-16(14-22)21-10-5-2-6-11-21/h3-4,7-8,16,18-19H,2,5-6,9-14H2,1H3/t16-,18-,19-/m0/s1. The summed E-state index contributed by atoms with van der Waals surface area (Å²) in [7, 11) is 0. The largest absolute Gasteiger partial charge is 0.341 e. The summed E-state index contributed by atoms with van der Waals surface area (Å²) in [5.41, 5.74) is 2.72. The molecular formula is C20H28N2O. The highest BCUT2D eigenvalue weighted by atomic mass is 16.2. The molecule has 1 aliphatic carbocycles. The average Bonchev–Trinajstić information content (AvgIpc) is 3.22. The van der Waals surface area contributed by atoms with Gasteiger partial charge in [-0.3, -0.25) is 9.69 Å². The minimum atomic E-state index is 0.246. The fourth-order valence-corrected chi connectivity index (χ4v) is 4.57. The minimum absolute atomic E-state index is 0.246. The van der Waals surface area contributed by atoms with E-state index in [0.29, 0.717) is 17.9 Å². The summed E-state index contributed by atoms with van der Waals surface area (Å²) in [6.45, 7) is 6.58. The van der Waals surface area contributed by atoms with E-state index in [4.69, 9.17) is 0 Å². The van der Waals surface area contributed by atoms with Crippen LogP contribution in [-0.4, -0.2) is 47.9 Å². The number of nitrogens with zero attached hydrogens (tertiary/aromatic N) is 2. The summed E-state index contributed by atoms with van der Waals surface area (Å²) < 4.78 is 0. The lowest BCUT2D eigenvalue weighted by atomic mass is 10.0. The zero-order valence-electron chi connectivity index (χ0n) is 14.2. The lowest BCUT2D eigenvalue weighted by Gasteiger charge is -2.32. The van der Waals surface area contributed by atoms with Crippen LogP contribution in [0.4, 0.5) is 0 Å². The lowest BCUT2D eigenvalue weighted by molar-refractivity contribution is -0.131. The summed E-state index contributed by atoms with van der Waals surface area (Å²) in [6, 6.07) is 9.17. The quantitative estimate of drug-likeness (QED) is 0.856. The molecule has 1 aromatic carbocycles. The van der Waals surface area contributed by atoms with Crippen molar-refractivity contribution in [2.45, 2.75) is 51.0 Å². The minimum Gasteiger partial charge on any atom is -0.341 e. The van der Waals surface area contributed by atoms with Gasteiger partial charge in [0.25, 0.3) is 0 Å². The molecule has 0 spiro atoms. The normalized spacial score (nSPS) is 31.3. The van der Waals surface area contributed by atoms with Gasteiger partial charge in [0, 0.05) is 25.0 Å². The van der Waals surface area contributed by atoms with Crippen molar-refractivity contribution in [3.8, 4) is 0 Å². The maximum atomic E-state index is 12.8. The van der Waals surface area contributed by atoms with Crippen LogP contribution in [0.3, 0.4) is 0 Å². The van der Waals surface area contributed by atoms with Crippen molar-refractivity contribution in [1.29, 1.82) is 0 Å². The highest BCUT2D eigenvalue weighted by Crippen LogP contribution is 2.49. The van der Waals surface area contributed by atoms with Crippen molar-refractivity contribution in [3.63, 3.8) is 0 Å². The Labute approximate surface area is 139 Å². The summed E-state index contributed by atoms with van der Waals surface area (Å²) in [6.07, 6.45) is 6.28. The van der Waals surface area contributed by atoms with Crippen molar-refractivity contribution < 1.29 is 4.79 Å². The van der Waals surface area contributed by atoms with E-state index >= 15 is 0 Å². The molecule has 0 aromatic heterocycles. The van der Waals surface area contributed by atoms with E-state index in [1.807, 2.05) is 0 Å². The highest BCUT2D eigenvalue weighted by molar-refractivity contribution is 5.83. The molecule has 124 valence electrons. The first-order chi connectivity index (χ1) is 11.2. The second-order valence-electron chi connectivity index (χ2n) is 7.63. The van der Waals surface area contributed by atoms with E-state index in [9.17, 15) is 4.79 Å². The Bertz CT molecular complexity index is 579. The van der Waals surface area contributed by atoms with E-state index in [1.165, 1.54) is 49.9 Å². The maximum absolute atomic E-state index is 12.8. The Balaban J connectivity index is 1.35. The van der Waals surface area contributed by atoms with Crippen molar-refractivity contribution >= 4 is 5.91 Å². The Morgan fingerprint density at radius 1 is 1.09 bits per heavy atom. The van der Waals surface area contributed by atoms with Crippen LogP contribution in [0, 0.1) is 12.8 Å². The first-order valence-corrected chi connectivity index (χ1v) is 9.32. The van der Waals surface area contributed by atoms with Crippen molar-refractivity contribution in [3.05, 3.63) is 35.4 Å². The fraction of sp³-hybridized carbons (Fsp3) is 0.650. The molecule has 0 unspecified atom stereocenters. The molecule has 1 amide bonds. The van der Waals surface area contributed by atoms with Gasteiger partial charge in [0.05, 0.1) is 0 Å². The molecule has 0 N–H and O–H groups in total. The molecule has 23 heavy (non-hydrogen) atoms. The maximum Gasteiger partial charge on any atom is 0.226 e. The number of amides is 1. The van der Waals surface area contributed by atoms with Crippen molar-refractivity contribution in [2.75, 3.05) is 26.2 Å². The molecule has 2 aliphatic heterocycles. The van der Waals surface area contributed by atoms with Gasteiger partial charge >= 0.3 is 0 Å². The van der Waals surface area contributed by atoms with Gasteiger partial charge in [-0.2, -0.15) is 0 Å². The number of likely N-dealkylation sites (tertiary alicyclic amines) is 2. The van der Waals surface area contributed by atoms with Crippen LogP contribution in [0.1, 0.15) is 49.1 Å². The monoisotopic (exact) mass is 312 g/mol. The molecule has 3 aliphatic rings. The van der Waals surface area contributed by atoms with E-state index in [-0.39, 0.29) is 5.92 Å². The molecule has 1 saturated carbocycles. The molecule has 3 nitrogen and oxygen atoms in total. The number of carbonyl (C=O) groups excluding carboxylic acids is 1. The molecule has 0 radical (unpaired) electrons. The van der Waals surface area contributed by atoms with Gasteiger partial charge in [-0.1, -0.05) is 30.7 Å². The van der Waals surface area contributed by atoms with Gasteiger partial charge in [0.15, 0.2) is 0 Å². The Kier molecular flexibility index (Phi) is 4.14. The number of benzene rings is 1. The number of piperidine rings is 1. The zero-order valence-corrected chi connectivity index (χ0v) is 14.2. The first kappa shape index (κ1) is 15.2. The summed E-state index contributed by atoms with van der Waals surface area (Å²) in [5, 5.41) is 0. The van der Waals surface area contributed by atoms with Crippen LogP contribution >= 0.6 is 0 Å². The average molecular weight is 312 g/mol. The number of rotatable bonds is 3. The second kappa shape index (κ2) is 6.27. The van der Waals surface area contributed by atoms with E-state index < -0.39 is 0 Å². The molecule has 2 saturated heterocycles. The molecule has 3 fully saturated rings. The van der Waals surface area contributed by atoms with Crippen LogP contribution in [0.25, 0.3) is 0 Å². The predicted molar refractivity (Wildman–Crippen MR) is 92.4 cm³/mol. The van der Waals surface area contributed by atoms with Crippen molar-refractivity contribution in [2.24, 2.45) is 5.92 Å². The van der Waals surface area contributed by atoms with Crippen LogP contribution in [0.2, 0.25) is 0 Å². The summed E-state index contributed by atoms with van der Waals surface area (Å²) >= 11 is 0. The Morgan fingerprint density at radius 2 is 1.87 bits per heavy atom. The van der Waals surface area contributed by atoms with Crippen molar-refractivity contribution in [1.82, 2.24) is 9.80 Å². The van der Waals surface area contributed by atoms with Gasteiger partial charge in [-0.05, 0) is 62.7 Å². The Morgan fingerprint density at radius 3 is 2.65 bits per heavy atom. The lowest BCUT2D eigenvalue weighted by Crippen LogP contribution is -2.42. The van der Waals surface area contributed by atoms with Crippen LogP contribution < -0.4 is 0 Å². The van der Waals surface area contributed by atoms with E-state index in [1.54, 1.807) is 0 Å². The van der Waals surface area contributed by atoms with Gasteiger partial charge in [0.2, 0.25) is 5.91 Å². The SMILES string of the molecule is Cc1ccccc1[C@@H]1C[C@@H]1C(=O)N1CC[C@H](N2CCCCC2)C1. The molecule has 3 atom stereocenters. The summed E-state index contributed by atoms with van der Waals surface area (Å²) in [4.78, 5) is 17.6. The van der Waals surface area contributed by atoms with Gasteiger partial charge in [-0.25, -0.2) is 0 Å². The van der Waals surface area contributed by atoms with Crippen LogP contribution in [0.15, 0.2) is 24.3 Å². The molecule has 4 rings (SSSR count). The fourth-order valence-electron chi connectivity index (χ4n) is 4.57. The first-order valence-electron chi connectivity index (χ1n) is 9.32. The number of hydrogen-bond donors (Lipinski definition) is 0. The number of aryl methyl sites for hydroxylation is 1. The third-order valence-electron chi connectivity index (χ3n) is 6.08. The van der Waals surface area contributed by atoms with Gasteiger partial charge < -0.3 is 4.90 Å². The van der Waals surface area contributed by atoms with E-state index in [2.05, 4.69) is 41.0 Å². The summed E-state index contributed by atoms with van der Waals surface area (Å²) in [5.74, 6) is 1.13. The second-order valence-corrected chi connectivity index (χ2v) is 7.63. The Hall–Kier alpha value is -1.35. The van der Waals surface area contributed by atoms with Gasteiger partial charge in [0.1, 0.15) is 0 Å². The molecule has 2 heterocycles. The topological polar surface area (TPSA) is 23.6 Å². The predicted octanol–water partition coefficient (Wildman–Crippen LogP) is 3.19. The molecule has 3 heteroatoms. The number of hydrogen-bond acceptors (Lipinski definition) is 2. The molecular weight excluding hydrogens is 284 g/mol. The smallest absolute Gasteiger partial charge is 0.226 e.